The Labute approximate surface area is 196 Å². The zero-order valence-corrected chi connectivity index (χ0v) is 20.4. The van der Waals surface area contributed by atoms with Crippen molar-refractivity contribution in [3.8, 4) is 0 Å². The van der Waals surface area contributed by atoms with Crippen LogP contribution in [0.2, 0.25) is 0 Å². The summed E-state index contributed by atoms with van der Waals surface area (Å²) < 4.78 is 36.9. The number of hydrogen-bond acceptors (Lipinski definition) is 7. The van der Waals surface area contributed by atoms with Crippen LogP contribution in [-0.2, 0) is 37.1 Å². The van der Waals surface area contributed by atoms with Gasteiger partial charge in [-0.3, -0.25) is 4.79 Å². The lowest BCUT2D eigenvalue weighted by Crippen LogP contribution is -2.20. The molecule has 3 rings (SSSR count). The second-order valence-electron chi connectivity index (χ2n) is 7.14. The number of ether oxygens (including phenoxy) is 2. The maximum Gasteiger partial charge on any atom is 0.337 e. The molecule has 176 valence electrons. The zero-order chi connectivity index (χ0) is 24.0. The van der Waals surface area contributed by atoms with E-state index in [1.54, 1.807) is 37.3 Å². The summed E-state index contributed by atoms with van der Waals surface area (Å²) in [6.07, 6.45) is 0.0412. The number of sulfone groups is 1. The maximum atomic E-state index is 12.7. The number of thiazole rings is 1. The first-order valence-corrected chi connectivity index (χ1v) is 12.9. The van der Waals surface area contributed by atoms with E-state index in [0.29, 0.717) is 35.7 Å². The smallest absolute Gasteiger partial charge is 0.337 e. The number of fused-ring (bicyclic) bond motifs is 1. The van der Waals surface area contributed by atoms with Crippen molar-refractivity contribution >= 4 is 43.3 Å². The van der Waals surface area contributed by atoms with Crippen molar-refractivity contribution in [2.75, 3.05) is 26.1 Å². The first kappa shape index (κ1) is 24.8. The van der Waals surface area contributed by atoms with Crippen molar-refractivity contribution in [2.24, 2.45) is 4.99 Å². The lowest BCUT2D eigenvalue weighted by atomic mass is 10.1. The molecule has 0 fully saturated rings. The van der Waals surface area contributed by atoms with Crippen molar-refractivity contribution in [1.82, 2.24) is 4.57 Å². The number of methoxy groups -OCH3 is 1. The molecule has 0 aliphatic rings. The van der Waals surface area contributed by atoms with Gasteiger partial charge in [0.2, 0.25) is 0 Å². The summed E-state index contributed by atoms with van der Waals surface area (Å²) in [5, 5.41) is 0. The molecular weight excluding hydrogens is 464 g/mol. The van der Waals surface area contributed by atoms with Gasteiger partial charge in [-0.05, 0) is 42.8 Å². The molecule has 1 heterocycles. The molecule has 2 aromatic carbocycles. The van der Waals surface area contributed by atoms with E-state index in [1.165, 1.54) is 30.6 Å². The van der Waals surface area contributed by atoms with Gasteiger partial charge in [0.25, 0.3) is 5.91 Å². The van der Waals surface area contributed by atoms with Crippen molar-refractivity contribution < 1.29 is 27.5 Å². The van der Waals surface area contributed by atoms with E-state index in [0.717, 1.165) is 10.2 Å². The minimum Gasteiger partial charge on any atom is -0.465 e. The largest absolute Gasteiger partial charge is 0.465 e. The Hall–Kier alpha value is -2.82. The van der Waals surface area contributed by atoms with Gasteiger partial charge in [-0.15, -0.1) is 0 Å². The van der Waals surface area contributed by atoms with Crippen LogP contribution in [-0.4, -0.2) is 50.9 Å². The highest BCUT2D eigenvalue weighted by molar-refractivity contribution is 7.91. The van der Waals surface area contributed by atoms with Crippen LogP contribution in [0.15, 0.2) is 52.4 Å². The highest BCUT2D eigenvalue weighted by Gasteiger charge is 2.14. The van der Waals surface area contributed by atoms with Gasteiger partial charge in [-0.25, -0.2) is 13.2 Å². The van der Waals surface area contributed by atoms with Crippen LogP contribution in [0, 0.1) is 0 Å². The third-order valence-electron chi connectivity index (χ3n) is 5.01. The summed E-state index contributed by atoms with van der Waals surface area (Å²) in [5.41, 5.74) is 1.94. The highest BCUT2D eigenvalue weighted by atomic mass is 32.2. The lowest BCUT2D eigenvalue weighted by Gasteiger charge is -2.06. The Morgan fingerprint density at radius 3 is 2.45 bits per heavy atom. The molecule has 0 N–H and O–H groups in total. The molecule has 0 atom stereocenters. The maximum absolute atomic E-state index is 12.7. The molecule has 1 aromatic heterocycles. The fraction of sp³-hybridized carbons (Fsp3) is 0.348. The standard InChI is InChI=1S/C23H26N2O6S2/c1-4-31-13-12-25-19-11-8-17(22(27)30-3)15-20(19)32-23(25)24-21(26)14-16-6-9-18(10-7-16)33(28,29)5-2/h6-11,15H,4-5,12-14H2,1-3H3. The molecule has 0 bridgehead atoms. The van der Waals surface area contributed by atoms with Gasteiger partial charge in [0.15, 0.2) is 14.6 Å². The van der Waals surface area contributed by atoms with E-state index in [9.17, 15) is 18.0 Å². The fourth-order valence-corrected chi connectivity index (χ4v) is 5.22. The second-order valence-corrected chi connectivity index (χ2v) is 10.4. The summed E-state index contributed by atoms with van der Waals surface area (Å²) >= 11 is 1.30. The Morgan fingerprint density at radius 2 is 1.82 bits per heavy atom. The minimum atomic E-state index is -3.29. The fourth-order valence-electron chi connectivity index (χ4n) is 3.22. The van der Waals surface area contributed by atoms with E-state index in [4.69, 9.17) is 9.47 Å². The number of hydrogen-bond donors (Lipinski definition) is 0. The Bertz CT molecular complexity index is 1320. The Kier molecular flexibility index (Phi) is 8.17. The molecule has 0 saturated carbocycles. The van der Waals surface area contributed by atoms with Gasteiger partial charge in [-0.1, -0.05) is 30.4 Å². The van der Waals surface area contributed by atoms with Gasteiger partial charge in [-0.2, -0.15) is 4.99 Å². The lowest BCUT2D eigenvalue weighted by molar-refractivity contribution is -0.117. The molecule has 0 aliphatic carbocycles. The number of carbonyl (C=O) groups excluding carboxylic acids is 2. The van der Waals surface area contributed by atoms with Gasteiger partial charge in [0.05, 0.1) is 46.6 Å². The highest BCUT2D eigenvalue weighted by Crippen LogP contribution is 2.20. The van der Waals surface area contributed by atoms with Crippen LogP contribution in [0.5, 0.6) is 0 Å². The van der Waals surface area contributed by atoms with Gasteiger partial charge < -0.3 is 14.0 Å². The molecule has 0 unspecified atom stereocenters. The summed E-state index contributed by atoms with van der Waals surface area (Å²) in [5.74, 6) is -0.772. The molecule has 0 aliphatic heterocycles. The van der Waals surface area contributed by atoms with Crippen LogP contribution in [0.1, 0.15) is 29.8 Å². The van der Waals surface area contributed by atoms with Gasteiger partial charge >= 0.3 is 5.97 Å². The van der Waals surface area contributed by atoms with Crippen LogP contribution < -0.4 is 4.80 Å². The van der Waals surface area contributed by atoms with Crippen LogP contribution >= 0.6 is 11.3 Å². The van der Waals surface area contributed by atoms with Crippen molar-refractivity contribution in [2.45, 2.75) is 31.7 Å². The molecule has 0 saturated heterocycles. The Morgan fingerprint density at radius 1 is 1.09 bits per heavy atom. The van der Waals surface area contributed by atoms with Crippen LogP contribution in [0.3, 0.4) is 0 Å². The topological polar surface area (TPSA) is 104 Å². The molecule has 0 radical (unpaired) electrons. The van der Waals surface area contributed by atoms with E-state index in [1.807, 2.05) is 11.5 Å². The van der Waals surface area contributed by atoms with E-state index < -0.39 is 15.8 Å². The van der Waals surface area contributed by atoms with Crippen molar-refractivity contribution in [3.63, 3.8) is 0 Å². The number of aromatic nitrogens is 1. The monoisotopic (exact) mass is 490 g/mol. The second kappa shape index (κ2) is 10.9. The number of benzene rings is 2. The third-order valence-corrected chi connectivity index (χ3v) is 7.80. The molecule has 3 aromatic rings. The summed E-state index contributed by atoms with van der Waals surface area (Å²) in [6, 6.07) is 11.5. The average Bonchev–Trinajstić information content (AvgIpc) is 3.15. The molecule has 33 heavy (non-hydrogen) atoms. The van der Waals surface area contributed by atoms with Crippen LogP contribution in [0.25, 0.3) is 10.2 Å². The summed E-state index contributed by atoms with van der Waals surface area (Å²) in [6.45, 7) is 5.03. The Balaban J connectivity index is 1.92. The van der Waals surface area contributed by atoms with Crippen LogP contribution in [0.4, 0.5) is 0 Å². The molecule has 0 spiro atoms. The molecule has 1 amide bonds. The van der Waals surface area contributed by atoms with E-state index in [2.05, 4.69) is 4.99 Å². The predicted octanol–water partition coefficient (Wildman–Crippen LogP) is 2.99. The summed E-state index contributed by atoms with van der Waals surface area (Å²) in [7, 11) is -1.96. The molecule has 10 heteroatoms. The minimum absolute atomic E-state index is 0.0198. The molecular formula is C23H26N2O6S2. The quantitative estimate of drug-likeness (QED) is 0.337. The van der Waals surface area contributed by atoms with E-state index in [-0.39, 0.29) is 23.0 Å². The normalized spacial score (nSPS) is 12.3. The molecule has 8 nitrogen and oxygen atoms in total. The van der Waals surface area contributed by atoms with Crippen molar-refractivity contribution in [1.29, 1.82) is 0 Å². The predicted molar refractivity (Wildman–Crippen MR) is 126 cm³/mol. The van der Waals surface area contributed by atoms with Crippen molar-refractivity contribution in [3.05, 3.63) is 58.4 Å². The number of nitrogens with zero attached hydrogens (tertiary/aromatic N) is 2. The number of esters is 1. The number of rotatable bonds is 9. The third kappa shape index (κ3) is 5.95. The zero-order valence-electron chi connectivity index (χ0n) is 18.7. The summed E-state index contributed by atoms with van der Waals surface area (Å²) in [4.78, 5) is 29.6. The first-order chi connectivity index (χ1) is 15.8. The van der Waals surface area contributed by atoms with E-state index >= 15 is 0 Å². The number of carbonyl (C=O) groups is 2. The first-order valence-electron chi connectivity index (χ1n) is 10.5. The number of amides is 1. The average molecular weight is 491 g/mol. The van der Waals surface area contributed by atoms with Gasteiger partial charge in [0.1, 0.15) is 0 Å². The van der Waals surface area contributed by atoms with Gasteiger partial charge in [0, 0.05) is 13.2 Å². The SMILES string of the molecule is CCOCCn1c(=NC(=O)Cc2ccc(S(=O)(=O)CC)cc2)sc2cc(C(=O)OC)ccc21.